The third-order valence-corrected chi connectivity index (χ3v) is 4.77. The highest BCUT2D eigenvalue weighted by Crippen LogP contribution is 2.30. The van der Waals surface area contributed by atoms with Crippen molar-refractivity contribution in [3.05, 3.63) is 54.8 Å². The number of benzene rings is 1. The molecule has 0 saturated heterocycles. The van der Waals surface area contributed by atoms with E-state index in [-0.39, 0.29) is 5.82 Å². The van der Waals surface area contributed by atoms with Gasteiger partial charge in [0.05, 0.1) is 10.6 Å². The second-order valence-corrected chi connectivity index (χ2v) is 6.10. The van der Waals surface area contributed by atoms with E-state index in [1.165, 1.54) is 17.4 Å². The molecule has 0 amide bonds. The van der Waals surface area contributed by atoms with Crippen LogP contribution in [0.15, 0.2) is 37.9 Å². The number of rotatable bonds is 3. The molecule has 90 valence electrons. The van der Waals surface area contributed by atoms with Crippen molar-refractivity contribution in [3.8, 4) is 0 Å². The van der Waals surface area contributed by atoms with Crippen LogP contribution in [-0.2, 0) is 6.42 Å². The summed E-state index contributed by atoms with van der Waals surface area (Å²) in [5.41, 5.74) is 1.76. The van der Waals surface area contributed by atoms with Crippen LogP contribution in [0.25, 0.3) is 0 Å². The van der Waals surface area contributed by atoms with Crippen molar-refractivity contribution in [2.24, 2.45) is 0 Å². The number of hydrogen-bond acceptors (Lipinski definition) is 2. The van der Waals surface area contributed by atoms with Crippen molar-refractivity contribution in [1.82, 2.24) is 0 Å². The Labute approximate surface area is 120 Å². The minimum Gasteiger partial charge on any atom is -0.388 e. The minimum absolute atomic E-state index is 0.292. The molecule has 0 fully saturated rings. The van der Waals surface area contributed by atoms with E-state index in [1.807, 2.05) is 10.8 Å². The Kier molecular flexibility index (Phi) is 4.36. The van der Waals surface area contributed by atoms with Crippen LogP contribution in [0.1, 0.15) is 17.2 Å². The zero-order valence-corrected chi connectivity index (χ0v) is 12.6. The van der Waals surface area contributed by atoms with E-state index in [2.05, 4.69) is 31.9 Å². The molecule has 1 aromatic carbocycles. The maximum Gasteiger partial charge on any atom is 0.137 e. The molecule has 5 heteroatoms. The summed E-state index contributed by atoms with van der Waals surface area (Å²) in [5.74, 6) is -0.292. The molecule has 1 unspecified atom stereocenters. The molecule has 0 radical (unpaired) electrons. The van der Waals surface area contributed by atoms with Crippen molar-refractivity contribution in [3.63, 3.8) is 0 Å². The average molecular weight is 380 g/mol. The van der Waals surface area contributed by atoms with Gasteiger partial charge in [-0.25, -0.2) is 4.39 Å². The number of halogens is 3. The topological polar surface area (TPSA) is 20.2 Å². The van der Waals surface area contributed by atoms with E-state index in [1.54, 1.807) is 12.1 Å². The van der Waals surface area contributed by atoms with Gasteiger partial charge < -0.3 is 5.11 Å². The van der Waals surface area contributed by atoms with Crippen LogP contribution in [0.2, 0.25) is 0 Å². The largest absolute Gasteiger partial charge is 0.388 e. The van der Waals surface area contributed by atoms with Gasteiger partial charge in [0, 0.05) is 21.8 Å². The third kappa shape index (κ3) is 3.16. The Morgan fingerprint density at radius 2 is 2.00 bits per heavy atom. The zero-order chi connectivity index (χ0) is 12.4. The molecular weight excluding hydrogens is 371 g/mol. The van der Waals surface area contributed by atoms with Crippen LogP contribution in [-0.4, -0.2) is 5.11 Å². The molecule has 2 rings (SSSR count). The fourth-order valence-corrected chi connectivity index (χ4v) is 3.56. The van der Waals surface area contributed by atoms with Gasteiger partial charge in [-0.2, -0.15) is 11.3 Å². The first-order valence-electron chi connectivity index (χ1n) is 4.91. The summed E-state index contributed by atoms with van der Waals surface area (Å²) in [4.78, 5) is 0. The van der Waals surface area contributed by atoms with Crippen LogP contribution < -0.4 is 0 Å². The summed E-state index contributed by atoms with van der Waals surface area (Å²) >= 11 is 8.06. The van der Waals surface area contributed by atoms with E-state index in [4.69, 9.17) is 0 Å². The Hall–Kier alpha value is -0.230. The first-order valence-corrected chi connectivity index (χ1v) is 7.44. The second-order valence-electron chi connectivity index (χ2n) is 3.64. The quantitative estimate of drug-likeness (QED) is 0.820. The molecule has 17 heavy (non-hydrogen) atoms. The Morgan fingerprint density at radius 1 is 1.24 bits per heavy atom. The molecule has 1 atom stereocenters. The second kappa shape index (κ2) is 5.61. The fourth-order valence-electron chi connectivity index (χ4n) is 1.53. The van der Waals surface area contributed by atoms with Crippen molar-refractivity contribution >= 4 is 43.2 Å². The molecule has 0 aliphatic heterocycles. The SMILES string of the molecule is OC(Cc1ccc(F)c(Br)c1)c1cscc1Br. The van der Waals surface area contributed by atoms with Gasteiger partial charge in [-0.3, -0.25) is 0 Å². The summed E-state index contributed by atoms with van der Waals surface area (Å²) in [6.45, 7) is 0. The molecule has 1 N–H and O–H groups in total. The smallest absolute Gasteiger partial charge is 0.137 e. The predicted octanol–water partition coefficient (Wildman–Crippen LogP) is 4.69. The molecule has 0 aliphatic carbocycles. The number of thiophene rings is 1. The van der Waals surface area contributed by atoms with Gasteiger partial charge in [0.2, 0.25) is 0 Å². The van der Waals surface area contributed by atoms with Crippen molar-refractivity contribution in [1.29, 1.82) is 0 Å². The maximum atomic E-state index is 13.1. The van der Waals surface area contributed by atoms with Gasteiger partial charge in [-0.05, 0) is 54.9 Å². The van der Waals surface area contributed by atoms with Gasteiger partial charge in [0.25, 0.3) is 0 Å². The highest BCUT2D eigenvalue weighted by molar-refractivity contribution is 9.10. The summed E-state index contributed by atoms with van der Waals surface area (Å²) in [7, 11) is 0. The lowest BCUT2D eigenvalue weighted by Gasteiger charge is -2.10. The van der Waals surface area contributed by atoms with E-state index in [0.717, 1.165) is 15.6 Å². The molecule has 2 aromatic rings. The number of aliphatic hydroxyl groups excluding tert-OH is 1. The highest BCUT2D eigenvalue weighted by Gasteiger charge is 2.13. The highest BCUT2D eigenvalue weighted by atomic mass is 79.9. The Bertz CT molecular complexity index is 527. The summed E-state index contributed by atoms with van der Waals surface area (Å²) in [6, 6.07) is 4.78. The average Bonchev–Trinajstić information content (AvgIpc) is 2.70. The van der Waals surface area contributed by atoms with Crippen LogP contribution in [0.5, 0.6) is 0 Å². The first kappa shape index (κ1) is 13.2. The molecule has 1 nitrogen and oxygen atoms in total. The molecule has 0 bridgehead atoms. The molecule has 0 spiro atoms. The molecule has 0 aliphatic rings. The minimum atomic E-state index is -0.576. The van der Waals surface area contributed by atoms with Crippen molar-refractivity contribution in [2.45, 2.75) is 12.5 Å². The Morgan fingerprint density at radius 3 is 2.59 bits per heavy atom. The van der Waals surface area contributed by atoms with E-state index in [9.17, 15) is 9.50 Å². The standard InChI is InChI=1S/C12H9Br2FOS/c13-9-3-7(1-2-11(9)15)4-12(16)8-5-17-6-10(8)14/h1-3,5-6,12,16H,4H2. The van der Waals surface area contributed by atoms with Gasteiger partial charge in [0.1, 0.15) is 5.82 Å². The predicted molar refractivity (Wildman–Crippen MR) is 74.8 cm³/mol. The summed E-state index contributed by atoms with van der Waals surface area (Å²) < 4.78 is 14.4. The van der Waals surface area contributed by atoms with Crippen LogP contribution in [0.3, 0.4) is 0 Å². The molecule has 0 saturated carbocycles. The van der Waals surface area contributed by atoms with Crippen LogP contribution >= 0.6 is 43.2 Å². The van der Waals surface area contributed by atoms with Crippen molar-refractivity contribution in [2.75, 3.05) is 0 Å². The fraction of sp³-hybridized carbons (Fsp3) is 0.167. The van der Waals surface area contributed by atoms with E-state index in [0.29, 0.717) is 10.9 Å². The summed E-state index contributed by atoms with van der Waals surface area (Å²) in [6.07, 6.45) is -0.109. The van der Waals surface area contributed by atoms with Crippen LogP contribution in [0, 0.1) is 5.82 Å². The number of aliphatic hydroxyl groups is 1. The number of hydrogen-bond donors (Lipinski definition) is 1. The van der Waals surface area contributed by atoms with E-state index >= 15 is 0 Å². The van der Waals surface area contributed by atoms with Gasteiger partial charge >= 0.3 is 0 Å². The molecule has 1 heterocycles. The molecular formula is C12H9Br2FOS. The monoisotopic (exact) mass is 378 g/mol. The lowest BCUT2D eigenvalue weighted by Crippen LogP contribution is -2.01. The lowest BCUT2D eigenvalue weighted by molar-refractivity contribution is 0.178. The van der Waals surface area contributed by atoms with Crippen LogP contribution in [0.4, 0.5) is 4.39 Å². The normalized spacial score (nSPS) is 12.7. The van der Waals surface area contributed by atoms with Gasteiger partial charge in [0.15, 0.2) is 0 Å². The van der Waals surface area contributed by atoms with Gasteiger partial charge in [-0.15, -0.1) is 0 Å². The third-order valence-electron chi connectivity index (χ3n) is 2.41. The van der Waals surface area contributed by atoms with E-state index < -0.39 is 6.10 Å². The maximum absolute atomic E-state index is 13.1. The van der Waals surface area contributed by atoms with Gasteiger partial charge in [-0.1, -0.05) is 6.07 Å². The van der Waals surface area contributed by atoms with Crippen molar-refractivity contribution < 1.29 is 9.50 Å². The lowest BCUT2D eigenvalue weighted by atomic mass is 10.0. The Balaban J connectivity index is 2.16. The zero-order valence-electron chi connectivity index (χ0n) is 8.66. The summed E-state index contributed by atoms with van der Waals surface area (Å²) in [5, 5.41) is 13.9. The first-order chi connectivity index (χ1) is 8.08. The molecule has 1 aromatic heterocycles.